The van der Waals surface area contributed by atoms with Gasteiger partial charge in [0.15, 0.2) is 0 Å². The van der Waals surface area contributed by atoms with Gasteiger partial charge in [0, 0.05) is 13.0 Å². The monoisotopic (exact) mass is 288 g/mol. The fourth-order valence-electron chi connectivity index (χ4n) is 5.45. The van der Waals surface area contributed by atoms with Gasteiger partial charge in [0.05, 0.1) is 6.54 Å². The summed E-state index contributed by atoms with van der Waals surface area (Å²) in [5, 5.41) is 7.23. The number of aryl methyl sites for hydroxylation is 1. The highest BCUT2D eigenvalue weighted by atomic mass is 16.1. The van der Waals surface area contributed by atoms with Crippen LogP contribution in [-0.4, -0.2) is 27.2 Å². The van der Waals surface area contributed by atoms with Crippen LogP contribution in [0.1, 0.15) is 44.9 Å². The number of aromatic nitrogens is 3. The van der Waals surface area contributed by atoms with Crippen LogP contribution in [0.15, 0.2) is 12.7 Å². The molecule has 114 valence electrons. The zero-order chi connectivity index (χ0) is 14.3. The van der Waals surface area contributed by atoms with Gasteiger partial charge in [-0.1, -0.05) is 0 Å². The quantitative estimate of drug-likeness (QED) is 0.901. The Hall–Kier alpha value is -1.39. The van der Waals surface area contributed by atoms with E-state index in [2.05, 4.69) is 15.4 Å². The normalized spacial score (nSPS) is 36.9. The van der Waals surface area contributed by atoms with Gasteiger partial charge in [-0.25, -0.2) is 4.98 Å². The van der Waals surface area contributed by atoms with Crippen LogP contribution in [0.25, 0.3) is 0 Å². The fraction of sp³-hybridized carbons (Fsp3) is 0.812. The van der Waals surface area contributed by atoms with E-state index in [9.17, 15) is 4.79 Å². The lowest BCUT2D eigenvalue weighted by molar-refractivity contribution is -0.123. The highest BCUT2D eigenvalue weighted by Crippen LogP contribution is 2.59. The smallest absolute Gasteiger partial charge is 0.221 e. The van der Waals surface area contributed by atoms with E-state index >= 15 is 0 Å². The third-order valence-corrected chi connectivity index (χ3v) is 5.86. The maximum atomic E-state index is 12.1. The van der Waals surface area contributed by atoms with Gasteiger partial charge >= 0.3 is 0 Å². The summed E-state index contributed by atoms with van der Waals surface area (Å²) in [5.41, 5.74) is 0.428. The van der Waals surface area contributed by atoms with E-state index in [0.717, 1.165) is 24.3 Å². The van der Waals surface area contributed by atoms with Crippen molar-refractivity contribution < 1.29 is 4.79 Å². The highest BCUT2D eigenvalue weighted by molar-refractivity contribution is 5.75. The molecule has 5 rings (SSSR count). The van der Waals surface area contributed by atoms with Crippen molar-refractivity contribution in [2.24, 2.45) is 23.2 Å². The van der Waals surface area contributed by atoms with Gasteiger partial charge in [-0.2, -0.15) is 5.10 Å². The molecule has 1 aromatic rings. The highest BCUT2D eigenvalue weighted by Gasteiger charge is 2.50. The second-order valence-electron chi connectivity index (χ2n) is 7.60. The summed E-state index contributed by atoms with van der Waals surface area (Å²) in [6, 6.07) is 0. The summed E-state index contributed by atoms with van der Waals surface area (Å²) in [4.78, 5) is 16.0. The minimum Gasteiger partial charge on any atom is -0.355 e. The van der Waals surface area contributed by atoms with Crippen LogP contribution < -0.4 is 5.32 Å². The average molecular weight is 288 g/mol. The number of nitrogens with one attached hydrogen (secondary N) is 1. The zero-order valence-electron chi connectivity index (χ0n) is 12.5. The Morgan fingerprint density at radius 1 is 1.19 bits per heavy atom. The van der Waals surface area contributed by atoms with Crippen molar-refractivity contribution in [2.45, 2.75) is 51.5 Å². The van der Waals surface area contributed by atoms with E-state index in [0.29, 0.717) is 18.4 Å². The number of rotatable bonds is 5. The predicted molar refractivity (Wildman–Crippen MR) is 78.3 cm³/mol. The van der Waals surface area contributed by atoms with E-state index in [-0.39, 0.29) is 5.91 Å². The maximum Gasteiger partial charge on any atom is 0.221 e. The van der Waals surface area contributed by atoms with Crippen LogP contribution >= 0.6 is 0 Å². The van der Waals surface area contributed by atoms with Gasteiger partial charge in [0.25, 0.3) is 0 Å². The van der Waals surface area contributed by atoms with Crippen LogP contribution in [0.3, 0.4) is 0 Å². The predicted octanol–water partition coefficient (Wildman–Crippen LogP) is 2.00. The van der Waals surface area contributed by atoms with E-state index in [4.69, 9.17) is 0 Å². The van der Waals surface area contributed by atoms with Crippen molar-refractivity contribution in [3.8, 4) is 0 Å². The zero-order valence-corrected chi connectivity index (χ0v) is 12.5. The van der Waals surface area contributed by atoms with Gasteiger partial charge in [-0.15, -0.1) is 0 Å². The molecule has 21 heavy (non-hydrogen) atoms. The molecule has 1 N–H and O–H groups in total. The Bertz CT molecular complexity index is 475. The molecule has 4 fully saturated rings. The molecule has 4 saturated carbocycles. The Morgan fingerprint density at radius 2 is 1.86 bits per heavy atom. The molecule has 1 aromatic heterocycles. The van der Waals surface area contributed by atoms with Crippen LogP contribution in [-0.2, 0) is 11.3 Å². The van der Waals surface area contributed by atoms with E-state index in [1.54, 1.807) is 11.0 Å². The molecule has 0 saturated heterocycles. The van der Waals surface area contributed by atoms with Gasteiger partial charge in [0.1, 0.15) is 12.7 Å². The molecule has 0 atom stereocenters. The van der Waals surface area contributed by atoms with Crippen LogP contribution in [0.5, 0.6) is 0 Å². The van der Waals surface area contributed by atoms with Crippen LogP contribution in [0.2, 0.25) is 0 Å². The van der Waals surface area contributed by atoms with Gasteiger partial charge < -0.3 is 5.32 Å². The molecular weight excluding hydrogens is 264 g/mol. The lowest BCUT2D eigenvalue weighted by atomic mass is 9.49. The minimum atomic E-state index is 0.154. The first-order chi connectivity index (χ1) is 10.2. The van der Waals surface area contributed by atoms with Gasteiger partial charge in [0.2, 0.25) is 5.91 Å². The summed E-state index contributed by atoms with van der Waals surface area (Å²) >= 11 is 0. The van der Waals surface area contributed by atoms with Crippen molar-refractivity contribution in [1.82, 2.24) is 20.1 Å². The molecule has 0 radical (unpaired) electrons. The molecule has 4 aliphatic rings. The van der Waals surface area contributed by atoms with Crippen LogP contribution in [0, 0.1) is 23.2 Å². The first-order valence-corrected chi connectivity index (χ1v) is 8.30. The lowest BCUT2D eigenvalue weighted by Gasteiger charge is -2.56. The number of carbonyl (C=O) groups excluding carboxylic acids is 1. The first-order valence-electron chi connectivity index (χ1n) is 8.30. The number of hydrogen-bond acceptors (Lipinski definition) is 3. The lowest BCUT2D eigenvalue weighted by Crippen LogP contribution is -2.51. The topological polar surface area (TPSA) is 59.8 Å². The summed E-state index contributed by atoms with van der Waals surface area (Å²) < 4.78 is 1.71. The molecule has 4 bridgehead atoms. The van der Waals surface area contributed by atoms with E-state index in [1.165, 1.54) is 44.9 Å². The second-order valence-corrected chi connectivity index (χ2v) is 7.60. The third kappa shape index (κ3) is 2.70. The molecule has 0 unspecified atom stereocenters. The molecule has 4 aliphatic carbocycles. The summed E-state index contributed by atoms with van der Waals surface area (Å²) in [6.07, 6.45) is 12.1. The Kier molecular flexibility index (Phi) is 3.23. The Morgan fingerprint density at radius 3 is 2.43 bits per heavy atom. The molecule has 1 amide bonds. The standard InChI is InChI=1S/C16H24N4O/c21-15(1-2-20-11-17-10-19-20)18-9-16-6-12-3-13(7-16)5-14(4-12)8-16/h10-14H,1-9H2,(H,18,21). The molecule has 5 heteroatoms. The minimum absolute atomic E-state index is 0.154. The fourth-order valence-corrected chi connectivity index (χ4v) is 5.45. The van der Waals surface area contributed by atoms with Crippen molar-refractivity contribution in [2.75, 3.05) is 6.54 Å². The molecule has 1 heterocycles. The first kappa shape index (κ1) is 13.3. The van der Waals surface area contributed by atoms with Crippen molar-refractivity contribution in [1.29, 1.82) is 0 Å². The number of amides is 1. The summed E-state index contributed by atoms with van der Waals surface area (Å²) in [6.45, 7) is 1.51. The molecule has 0 aliphatic heterocycles. The third-order valence-electron chi connectivity index (χ3n) is 5.86. The molecule has 0 spiro atoms. The van der Waals surface area contributed by atoms with Crippen molar-refractivity contribution in [3.63, 3.8) is 0 Å². The maximum absolute atomic E-state index is 12.1. The van der Waals surface area contributed by atoms with Crippen LogP contribution in [0.4, 0.5) is 0 Å². The Labute approximate surface area is 125 Å². The Balaban J connectivity index is 1.29. The van der Waals surface area contributed by atoms with E-state index < -0.39 is 0 Å². The number of hydrogen-bond donors (Lipinski definition) is 1. The molecule has 5 nitrogen and oxygen atoms in total. The number of carbonyl (C=O) groups is 1. The van der Waals surface area contributed by atoms with E-state index in [1.807, 2.05) is 0 Å². The molecule has 0 aromatic carbocycles. The van der Waals surface area contributed by atoms with Gasteiger partial charge in [-0.05, 0) is 61.7 Å². The molecular formula is C16H24N4O. The summed E-state index contributed by atoms with van der Waals surface area (Å²) in [5.74, 6) is 3.00. The second kappa shape index (κ2) is 5.11. The summed E-state index contributed by atoms with van der Waals surface area (Å²) in [7, 11) is 0. The van der Waals surface area contributed by atoms with Crippen molar-refractivity contribution in [3.05, 3.63) is 12.7 Å². The van der Waals surface area contributed by atoms with Crippen molar-refractivity contribution >= 4 is 5.91 Å². The SMILES string of the molecule is O=C(CCn1cncn1)NCC12CC3CC(CC(C3)C1)C2. The average Bonchev–Trinajstić information content (AvgIpc) is 2.95. The van der Waals surface area contributed by atoms with Gasteiger partial charge in [-0.3, -0.25) is 9.48 Å². The number of nitrogens with zero attached hydrogens (tertiary/aromatic N) is 3. The largest absolute Gasteiger partial charge is 0.355 e.